The van der Waals surface area contributed by atoms with Crippen LogP contribution >= 0.6 is 11.6 Å². The van der Waals surface area contributed by atoms with Crippen molar-refractivity contribution < 1.29 is 22.7 Å². The van der Waals surface area contributed by atoms with Crippen molar-refractivity contribution in [1.82, 2.24) is 4.90 Å². The third-order valence-corrected chi connectivity index (χ3v) is 5.05. The van der Waals surface area contributed by atoms with Gasteiger partial charge in [0.05, 0.1) is 22.8 Å². The second-order valence-corrected chi connectivity index (χ2v) is 7.61. The van der Waals surface area contributed by atoms with E-state index < -0.39 is 28.7 Å². The summed E-state index contributed by atoms with van der Waals surface area (Å²) in [5, 5.41) is 2.22. The highest BCUT2D eigenvalue weighted by Gasteiger charge is 2.35. The van der Waals surface area contributed by atoms with E-state index in [4.69, 9.17) is 16.3 Å². The SMILES string of the molecule is C[C@H]1CN([C@H](C(=O)Nc2ccc(Cl)c(C(F)(F)F)c2)c2ccccc2)C[C@H](C)O1. The molecule has 4 nitrogen and oxygen atoms in total. The number of nitrogens with one attached hydrogen (secondary N) is 1. The molecule has 1 aliphatic rings. The molecule has 0 bridgehead atoms. The first-order valence-electron chi connectivity index (χ1n) is 9.27. The average molecular weight is 427 g/mol. The van der Waals surface area contributed by atoms with Crippen LogP contribution in [-0.2, 0) is 15.7 Å². The van der Waals surface area contributed by atoms with Crippen LogP contribution < -0.4 is 5.32 Å². The van der Waals surface area contributed by atoms with Crippen LogP contribution in [0.1, 0.15) is 31.0 Å². The van der Waals surface area contributed by atoms with Gasteiger partial charge in [-0.3, -0.25) is 9.69 Å². The molecule has 1 saturated heterocycles. The molecule has 1 fully saturated rings. The van der Waals surface area contributed by atoms with Gasteiger partial charge in [-0.1, -0.05) is 41.9 Å². The largest absolute Gasteiger partial charge is 0.417 e. The second-order valence-electron chi connectivity index (χ2n) is 7.21. The molecule has 0 aromatic heterocycles. The van der Waals surface area contributed by atoms with Crippen molar-refractivity contribution in [2.24, 2.45) is 0 Å². The fraction of sp³-hybridized carbons (Fsp3) is 0.381. The molecule has 1 heterocycles. The van der Waals surface area contributed by atoms with Crippen LogP contribution in [0.2, 0.25) is 5.02 Å². The number of amides is 1. The molecule has 2 aromatic carbocycles. The zero-order chi connectivity index (χ0) is 21.2. The van der Waals surface area contributed by atoms with E-state index in [-0.39, 0.29) is 17.9 Å². The van der Waals surface area contributed by atoms with Gasteiger partial charge in [-0.2, -0.15) is 13.2 Å². The molecule has 29 heavy (non-hydrogen) atoms. The summed E-state index contributed by atoms with van der Waals surface area (Å²) in [4.78, 5) is 15.2. The minimum Gasteiger partial charge on any atom is -0.373 e. The summed E-state index contributed by atoms with van der Waals surface area (Å²) < 4.78 is 45.2. The second kappa shape index (κ2) is 8.73. The average Bonchev–Trinajstić information content (AvgIpc) is 2.63. The lowest BCUT2D eigenvalue weighted by molar-refractivity contribution is -0.137. The standard InChI is InChI=1S/C21H22ClF3N2O2/c1-13-11-27(12-14(2)29-13)19(15-6-4-3-5-7-15)20(28)26-16-8-9-18(22)17(10-16)21(23,24)25/h3-10,13-14,19H,11-12H2,1-2H3,(H,26,28)/t13-,14-,19-/m0/s1. The summed E-state index contributed by atoms with van der Waals surface area (Å²) in [6, 6.07) is 11.9. The smallest absolute Gasteiger partial charge is 0.373 e. The van der Waals surface area contributed by atoms with Gasteiger partial charge in [0, 0.05) is 18.8 Å². The zero-order valence-electron chi connectivity index (χ0n) is 16.0. The van der Waals surface area contributed by atoms with Crippen molar-refractivity contribution in [2.45, 2.75) is 38.3 Å². The zero-order valence-corrected chi connectivity index (χ0v) is 16.8. The number of benzene rings is 2. The Morgan fingerprint density at radius 3 is 2.34 bits per heavy atom. The van der Waals surface area contributed by atoms with Crippen molar-refractivity contribution in [3.05, 3.63) is 64.7 Å². The molecule has 156 valence electrons. The van der Waals surface area contributed by atoms with Gasteiger partial charge in [0.1, 0.15) is 6.04 Å². The molecule has 0 spiro atoms. The van der Waals surface area contributed by atoms with Gasteiger partial charge in [0.15, 0.2) is 0 Å². The van der Waals surface area contributed by atoms with Crippen LogP contribution in [0.4, 0.5) is 18.9 Å². The van der Waals surface area contributed by atoms with E-state index in [1.54, 1.807) is 0 Å². The van der Waals surface area contributed by atoms with Gasteiger partial charge in [0.2, 0.25) is 5.91 Å². The minimum atomic E-state index is -4.61. The molecular formula is C21H22ClF3N2O2. The van der Waals surface area contributed by atoms with Crippen LogP contribution in [-0.4, -0.2) is 36.1 Å². The molecule has 1 N–H and O–H groups in total. The Hall–Kier alpha value is -2.09. The number of morpholine rings is 1. The summed E-state index contributed by atoms with van der Waals surface area (Å²) in [7, 11) is 0. The molecule has 2 aromatic rings. The minimum absolute atomic E-state index is 0.0435. The molecule has 0 radical (unpaired) electrons. The fourth-order valence-corrected chi connectivity index (χ4v) is 3.85. The number of nitrogens with zero attached hydrogens (tertiary/aromatic N) is 1. The van der Waals surface area contributed by atoms with E-state index in [1.165, 1.54) is 6.07 Å². The Labute approximate surface area is 172 Å². The number of anilines is 1. The lowest BCUT2D eigenvalue weighted by atomic mass is 10.0. The highest BCUT2D eigenvalue weighted by Crippen LogP contribution is 2.36. The maximum absolute atomic E-state index is 13.2. The molecule has 3 atom stereocenters. The molecule has 1 aliphatic heterocycles. The maximum atomic E-state index is 13.2. The number of ether oxygens (including phenoxy) is 1. The van der Waals surface area contributed by atoms with Crippen molar-refractivity contribution in [3.8, 4) is 0 Å². The van der Waals surface area contributed by atoms with Crippen LogP contribution in [0.3, 0.4) is 0 Å². The number of alkyl halides is 3. The number of hydrogen-bond donors (Lipinski definition) is 1. The fourth-order valence-electron chi connectivity index (χ4n) is 3.62. The van der Waals surface area contributed by atoms with E-state index in [1.807, 2.05) is 49.1 Å². The third-order valence-electron chi connectivity index (χ3n) is 4.72. The van der Waals surface area contributed by atoms with E-state index in [0.717, 1.165) is 17.7 Å². The van der Waals surface area contributed by atoms with Gasteiger partial charge >= 0.3 is 6.18 Å². The highest BCUT2D eigenvalue weighted by molar-refractivity contribution is 6.31. The lowest BCUT2D eigenvalue weighted by Crippen LogP contribution is -2.49. The van der Waals surface area contributed by atoms with E-state index in [0.29, 0.717) is 13.1 Å². The summed E-state index contributed by atoms with van der Waals surface area (Å²) >= 11 is 5.67. The molecule has 8 heteroatoms. The Morgan fingerprint density at radius 1 is 1.14 bits per heavy atom. The molecule has 0 aliphatic carbocycles. The Balaban J connectivity index is 1.90. The number of carbonyl (C=O) groups excluding carboxylic acids is 1. The van der Waals surface area contributed by atoms with E-state index in [9.17, 15) is 18.0 Å². The first-order valence-corrected chi connectivity index (χ1v) is 9.65. The summed E-state index contributed by atoms with van der Waals surface area (Å²) in [6.45, 7) is 4.92. The van der Waals surface area contributed by atoms with Crippen molar-refractivity contribution >= 4 is 23.2 Å². The van der Waals surface area contributed by atoms with Gasteiger partial charge < -0.3 is 10.1 Å². The van der Waals surface area contributed by atoms with Crippen molar-refractivity contribution in [2.75, 3.05) is 18.4 Å². The van der Waals surface area contributed by atoms with Gasteiger partial charge in [-0.15, -0.1) is 0 Å². The summed E-state index contributed by atoms with van der Waals surface area (Å²) in [5.74, 6) is -0.409. The number of hydrogen-bond acceptors (Lipinski definition) is 3. The quantitative estimate of drug-likeness (QED) is 0.735. The number of carbonyl (C=O) groups is 1. The highest BCUT2D eigenvalue weighted by atomic mass is 35.5. The maximum Gasteiger partial charge on any atom is 0.417 e. The van der Waals surface area contributed by atoms with Crippen molar-refractivity contribution in [3.63, 3.8) is 0 Å². The summed E-state index contributed by atoms with van der Waals surface area (Å²) in [6.07, 6.45) is -4.73. The first-order chi connectivity index (χ1) is 13.6. The first kappa shape index (κ1) is 21.6. The van der Waals surface area contributed by atoms with Crippen LogP contribution in [0.5, 0.6) is 0 Å². The van der Waals surface area contributed by atoms with Gasteiger partial charge in [-0.25, -0.2) is 0 Å². The molecular weight excluding hydrogens is 405 g/mol. The molecule has 0 saturated carbocycles. The van der Waals surface area contributed by atoms with Crippen LogP contribution in [0.15, 0.2) is 48.5 Å². The van der Waals surface area contributed by atoms with Crippen LogP contribution in [0, 0.1) is 0 Å². The number of halogens is 4. The predicted octanol–water partition coefficient (Wildman–Crippen LogP) is 5.15. The topological polar surface area (TPSA) is 41.6 Å². The Bertz CT molecular complexity index is 851. The Morgan fingerprint density at radius 2 is 1.76 bits per heavy atom. The Kier molecular flexibility index (Phi) is 6.51. The van der Waals surface area contributed by atoms with Crippen molar-refractivity contribution in [1.29, 1.82) is 0 Å². The summed E-state index contributed by atoms with van der Waals surface area (Å²) in [5.41, 5.74) is -0.180. The monoisotopic (exact) mass is 426 g/mol. The van der Waals surface area contributed by atoms with E-state index in [2.05, 4.69) is 5.32 Å². The van der Waals surface area contributed by atoms with E-state index >= 15 is 0 Å². The third kappa shape index (κ3) is 5.29. The van der Waals surface area contributed by atoms with Gasteiger partial charge in [-0.05, 0) is 37.6 Å². The number of rotatable bonds is 4. The molecule has 3 rings (SSSR count). The van der Waals surface area contributed by atoms with Gasteiger partial charge in [0.25, 0.3) is 0 Å². The lowest BCUT2D eigenvalue weighted by Gasteiger charge is -2.39. The molecule has 1 amide bonds. The predicted molar refractivity (Wildman–Crippen MR) is 106 cm³/mol. The molecule has 0 unspecified atom stereocenters. The van der Waals surface area contributed by atoms with Crippen LogP contribution in [0.25, 0.3) is 0 Å². The normalized spacial score (nSPS) is 21.6.